The molecule has 2 aliphatic rings. The minimum Gasteiger partial charge on any atom is -0.497 e. The molecule has 2 heterocycles. The van der Waals surface area contributed by atoms with Crippen LogP contribution in [0.1, 0.15) is 10.4 Å². The third kappa shape index (κ3) is 4.36. The molecule has 7 nitrogen and oxygen atoms in total. The van der Waals surface area contributed by atoms with Crippen LogP contribution in [0.5, 0.6) is 11.5 Å². The number of hydrogen-bond acceptors (Lipinski definition) is 6. The van der Waals surface area contributed by atoms with Crippen LogP contribution in [0.2, 0.25) is 0 Å². The number of amides is 2. The smallest absolute Gasteiger partial charge is 0.257 e. The zero-order valence-electron chi connectivity index (χ0n) is 14.9. The Bertz CT molecular complexity index is 647. The maximum Gasteiger partial charge on any atom is 0.257 e. The van der Waals surface area contributed by atoms with E-state index in [9.17, 15) is 9.59 Å². The van der Waals surface area contributed by atoms with E-state index >= 15 is 0 Å². The average molecular weight is 402 g/mol. The second-order valence-electron chi connectivity index (χ2n) is 5.96. The first-order valence-corrected chi connectivity index (χ1v) is 9.40. The number of halogens is 1. The quantitative estimate of drug-likeness (QED) is 0.813. The first kappa shape index (κ1) is 20.7. The Morgan fingerprint density at radius 1 is 1.12 bits per heavy atom. The van der Waals surface area contributed by atoms with Crippen molar-refractivity contribution < 1.29 is 19.1 Å². The summed E-state index contributed by atoms with van der Waals surface area (Å²) in [7, 11) is 3.11. The Kier molecular flexibility index (Phi) is 7.43. The summed E-state index contributed by atoms with van der Waals surface area (Å²) in [5, 5.41) is 3.20. The molecule has 0 saturated carbocycles. The van der Waals surface area contributed by atoms with Crippen LogP contribution < -0.4 is 14.8 Å². The lowest BCUT2D eigenvalue weighted by Gasteiger charge is -2.36. The number of nitrogens with zero attached hydrogens (tertiary/aromatic N) is 2. The first-order chi connectivity index (χ1) is 12.1. The zero-order chi connectivity index (χ0) is 17.8. The second kappa shape index (κ2) is 9.34. The maximum atomic E-state index is 12.8. The van der Waals surface area contributed by atoms with Gasteiger partial charge in [-0.25, -0.2) is 0 Å². The van der Waals surface area contributed by atoms with Gasteiger partial charge in [0.1, 0.15) is 11.5 Å². The van der Waals surface area contributed by atoms with Crippen molar-refractivity contribution in [3.05, 3.63) is 23.8 Å². The van der Waals surface area contributed by atoms with Crippen LogP contribution >= 0.6 is 24.2 Å². The van der Waals surface area contributed by atoms with Gasteiger partial charge in [-0.3, -0.25) is 14.9 Å². The normalized spacial score (nSPS) is 19.7. The molecule has 0 bridgehead atoms. The van der Waals surface area contributed by atoms with E-state index in [0.717, 1.165) is 11.6 Å². The van der Waals surface area contributed by atoms with Crippen molar-refractivity contribution in [3.63, 3.8) is 0 Å². The maximum absolute atomic E-state index is 12.8. The van der Waals surface area contributed by atoms with Crippen LogP contribution in [-0.4, -0.2) is 79.7 Å². The number of hydrogen-bond donors (Lipinski definition) is 1. The molecular weight excluding hydrogens is 378 g/mol. The molecular formula is C17H24ClN3O4S. The van der Waals surface area contributed by atoms with E-state index < -0.39 is 0 Å². The van der Waals surface area contributed by atoms with Crippen molar-refractivity contribution in [3.8, 4) is 11.5 Å². The predicted molar refractivity (Wildman–Crippen MR) is 104 cm³/mol. The van der Waals surface area contributed by atoms with Crippen molar-refractivity contribution in [1.29, 1.82) is 0 Å². The van der Waals surface area contributed by atoms with Gasteiger partial charge in [-0.2, -0.15) is 0 Å². The summed E-state index contributed by atoms with van der Waals surface area (Å²) in [5.41, 5.74) is 0.511. The molecule has 1 atom stereocenters. The highest BCUT2D eigenvalue weighted by Gasteiger charge is 2.31. The molecule has 0 aromatic heterocycles. The van der Waals surface area contributed by atoms with Gasteiger partial charge in [0.25, 0.3) is 5.91 Å². The number of rotatable bonds is 4. The van der Waals surface area contributed by atoms with Crippen molar-refractivity contribution in [2.45, 2.75) is 6.04 Å². The van der Waals surface area contributed by atoms with E-state index in [-0.39, 0.29) is 30.3 Å². The standard InChI is InChI=1S/C17H23N3O4S.ClH/c1-23-12-3-4-13(15(9-12)24-2)16(21)19-5-7-20(8-6-19)17(22)14-10-25-11-18-14;/h3-4,9,14,18H,5-8,10-11H2,1-2H3;1H. The van der Waals surface area contributed by atoms with Crippen LogP contribution in [0.15, 0.2) is 18.2 Å². The Labute approximate surface area is 163 Å². The number of benzene rings is 1. The fourth-order valence-electron chi connectivity index (χ4n) is 3.05. The lowest BCUT2D eigenvalue weighted by Crippen LogP contribution is -2.54. The number of ether oxygens (including phenoxy) is 2. The molecule has 26 heavy (non-hydrogen) atoms. The van der Waals surface area contributed by atoms with Crippen LogP contribution in [0, 0.1) is 0 Å². The topological polar surface area (TPSA) is 71.1 Å². The van der Waals surface area contributed by atoms with Gasteiger partial charge in [0.2, 0.25) is 5.91 Å². The van der Waals surface area contributed by atoms with Crippen molar-refractivity contribution in [2.24, 2.45) is 0 Å². The Morgan fingerprint density at radius 3 is 2.38 bits per heavy atom. The van der Waals surface area contributed by atoms with Gasteiger partial charge in [-0.1, -0.05) is 0 Å². The number of carbonyl (C=O) groups is 2. The van der Waals surface area contributed by atoms with Gasteiger partial charge >= 0.3 is 0 Å². The van der Waals surface area contributed by atoms with Gasteiger partial charge in [-0.05, 0) is 12.1 Å². The molecule has 1 aromatic rings. The molecule has 0 radical (unpaired) electrons. The summed E-state index contributed by atoms with van der Waals surface area (Å²) in [6.07, 6.45) is 0. The fourth-order valence-corrected chi connectivity index (χ4v) is 3.98. The van der Waals surface area contributed by atoms with Gasteiger partial charge in [0, 0.05) is 43.9 Å². The summed E-state index contributed by atoms with van der Waals surface area (Å²) in [4.78, 5) is 28.8. The number of methoxy groups -OCH3 is 2. The molecule has 1 unspecified atom stereocenters. The van der Waals surface area contributed by atoms with Gasteiger partial charge in [-0.15, -0.1) is 24.2 Å². The number of piperazine rings is 1. The number of carbonyl (C=O) groups excluding carboxylic acids is 2. The van der Waals surface area contributed by atoms with Gasteiger partial charge in [0.05, 0.1) is 25.8 Å². The zero-order valence-corrected chi connectivity index (χ0v) is 16.5. The molecule has 9 heteroatoms. The molecule has 1 aromatic carbocycles. The third-order valence-corrected chi connectivity index (χ3v) is 5.47. The van der Waals surface area contributed by atoms with Crippen LogP contribution in [-0.2, 0) is 4.79 Å². The third-order valence-electron chi connectivity index (χ3n) is 4.53. The molecule has 2 saturated heterocycles. The average Bonchev–Trinajstić information content (AvgIpc) is 3.21. The first-order valence-electron chi connectivity index (χ1n) is 8.25. The van der Waals surface area contributed by atoms with Crippen LogP contribution in [0.4, 0.5) is 0 Å². The van der Waals surface area contributed by atoms with E-state index in [1.54, 1.807) is 42.0 Å². The van der Waals surface area contributed by atoms with E-state index in [0.29, 0.717) is 43.2 Å². The SMILES string of the molecule is COc1ccc(C(=O)N2CCN(C(=O)C3CSCN3)CC2)c(OC)c1.Cl. The van der Waals surface area contributed by atoms with E-state index in [2.05, 4.69) is 5.32 Å². The molecule has 2 amide bonds. The molecule has 0 aliphatic carbocycles. The number of nitrogens with one attached hydrogen (secondary N) is 1. The molecule has 1 N–H and O–H groups in total. The lowest BCUT2D eigenvalue weighted by atomic mass is 10.1. The second-order valence-corrected chi connectivity index (χ2v) is 6.99. The highest BCUT2D eigenvalue weighted by Crippen LogP contribution is 2.26. The summed E-state index contributed by atoms with van der Waals surface area (Å²) in [6, 6.07) is 5.08. The highest BCUT2D eigenvalue weighted by molar-refractivity contribution is 7.99. The van der Waals surface area contributed by atoms with Crippen molar-refractivity contribution in [2.75, 3.05) is 52.0 Å². The van der Waals surface area contributed by atoms with Crippen LogP contribution in [0.3, 0.4) is 0 Å². The lowest BCUT2D eigenvalue weighted by molar-refractivity contribution is -0.134. The Hall–Kier alpha value is -1.64. The van der Waals surface area contributed by atoms with Gasteiger partial charge < -0.3 is 19.3 Å². The highest BCUT2D eigenvalue weighted by atomic mass is 35.5. The summed E-state index contributed by atoms with van der Waals surface area (Å²) < 4.78 is 10.5. The van der Waals surface area contributed by atoms with Crippen LogP contribution in [0.25, 0.3) is 0 Å². The fraction of sp³-hybridized carbons (Fsp3) is 0.529. The largest absolute Gasteiger partial charge is 0.497 e. The minimum absolute atomic E-state index is 0. The van der Waals surface area contributed by atoms with Gasteiger partial charge in [0.15, 0.2) is 0 Å². The summed E-state index contributed by atoms with van der Waals surface area (Å²) >= 11 is 1.74. The molecule has 144 valence electrons. The monoisotopic (exact) mass is 401 g/mol. The summed E-state index contributed by atoms with van der Waals surface area (Å²) in [6.45, 7) is 2.18. The van der Waals surface area contributed by atoms with Crippen molar-refractivity contribution in [1.82, 2.24) is 15.1 Å². The molecule has 2 fully saturated rings. The molecule has 0 spiro atoms. The van der Waals surface area contributed by atoms with E-state index in [1.165, 1.54) is 7.11 Å². The Balaban J connectivity index is 0.00000243. The summed E-state index contributed by atoms with van der Waals surface area (Å²) in [5.74, 6) is 2.84. The van der Waals surface area contributed by atoms with E-state index in [1.807, 2.05) is 4.90 Å². The van der Waals surface area contributed by atoms with E-state index in [4.69, 9.17) is 9.47 Å². The molecule has 2 aliphatic heterocycles. The van der Waals surface area contributed by atoms with Crippen molar-refractivity contribution >= 4 is 36.0 Å². The predicted octanol–water partition coefficient (Wildman–Crippen LogP) is 1.07. The number of thioether (sulfide) groups is 1. The Morgan fingerprint density at radius 2 is 1.81 bits per heavy atom. The molecule has 3 rings (SSSR count). The minimum atomic E-state index is -0.0890.